The number of hydrogen-bond acceptors (Lipinski definition) is 6. The summed E-state index contributed by atoms with van der Waals surface area (Å²) in [4.78, 5) is 51.1. The van der Waals surface area contributed by atoms with Gasteiger partial charge in [-0.15, -0.1) is 11.3 Å². The molecule has 2 amide bonds. The summed E-state index contributed by atoms with van der Waals surface area (Å²) in [5, 5.41) is 3.92. The zero-order valence-electron chi connectivity index (χ0n) is 28.1. The molecular weight excluding hydrogens is 595 g/mol. The monoisotopic (exact) mass is 639 g/mol. The van der Waals surface area contributed by atoms with Gasteiger partial charge in [-0.1, -0.05) is 58.0 Å². The first-order chi connectivity index (χ1) is 22.0. The summed E-state index contributed by atoms with van der Waals surface area (Å²) < 4.78 is 1.85. The number of aryl methyl sites for hydroxylation is 3. The van der Waals surface area contributed by atoms with E-state index in [4.69, 9.17) is 4.98 Å². The van der Waals surface area contributed by atoms with Gasteiger partial charge in [0.25, 0.3) is 17.4 Å². The maximum atomic E-state index is 14.9. The normalized spacial score (nSPS) is 13.3. The zero-order valence-corrected chi connectivity index (χ0v) is 28.9. The number of nitrogens with zero attached hydrogens (tertiary/aromatic N) is 4. The van der Waals surface area contributed by atoms with Crippen LogP contribution in [0.3, 0.4) is 0 Å². The third-order valence-electron chi connectivity index (χ3n) is 8.57. The van der Waals surface area contributed by atoms with Crippen molar-refractivity contribution in [2.24, 2.45) is 5.92 Å². The first-order valence-electron chi connectivity index (χ1n) is 16.3. The number of carbonyl (C=O) groups excluding carboxylic acids is 2. The molecule has 5 rings (SSSR count). The van der Waals surface area contributed by atoms with Gasteiger partial charge in [0, 0.05) is 62.0 Å². The molecule has 2 aromatic heterocycles. The Labute approximate surface area is 276 Å². The second-order valence-electron chi connectivity index (χ2n) is 12.5. The Hall–Kier alpha value is -4.08. The van der Waals surface area contributed by atoms with E-state index in [1.165, 1.54) is 11.3 Å². The number of rotatable bonds is 9. The van der Waals surface area contributed by atoms with Gasteiger partial charge in [-0.05, 0) is 61.4 Å². The predicted octanol–water partition coefficient (Wildman–Crippen LogP) is 6.01. The summed E-state index contributed by atoms with van der Waals surface area (Å²) in [5.41, 5.74) is 6.87. The lowest BCUT2D eigenvalue weighted by atomic mass is 9.97. The molecule has 46 heavy (non-hydrogen) atoms. The van der Waals surface area contributed by atoms with Crippen molar-refractivity contribution in [3.8, 4) is 27.5 Å². The minimum absolute atomic E-state index is 0.0474. The van der Waals surface area contributed by atoms with E-state index < -0.39 is 0 Å². The Morgan fingerprint density at radius 2 is 1.63 bits per heavy atom. The van der Waals surface area contributed by atoms with Crippen LogP contribution in [0.25, 0.3) is 27.5 Å². The highest BCUT2D eigenvalue weighted by Crippen LogP contribution is 2.35. The fraction of sp³-hybridized carbons (Fsp3) is 0.405. The molecule has 0 radical (unpaired) electrons. The second-order valence-corrected chi connectivity index (χ2v) is 13.7. The van der Waals surface area contributed by atoms with Crippen molar-refractivity contribution >= 4 is 23.2 Å². The van der Waals surface area contributed by atoms with E-state index in [0.717, 1.165) is 64.6 Å². The number of carbonyl (C=O) groups is 2. The zero-order chi connectivity index (χ0) is 33.1. The number of amides is 2. The van der Waals surface area contributed by atoms with E-state index in [-0.39, 0.29) is 23.3 Å². The molecule has 0 bridgehead atoms. The van der Waals surface area contributed by atoms with Crippen LogP contribution in [0, 0.1) is 12.8 Å². The molecule has 0 spiro atoms. The minimum Gasteiger partial charge on any atom is -0.345 e. The highest BCUT2D eigenvalue weighted by molar-refractivity contribution is 7.15. The fourth-order valence-corrected chi connectivity index (χ4v) is 7.11. The van der Waals surface area contributed by atoms with E-state index in [1.807, 2.05) is 46.7 Å². The summed E-state index contributed by atoms with van der Waals surface area (Å²) in [6.07, 6.45) is 2.10. The van der Waals surface area contributed by atoms with Gasteiger partial charge >= 0.3 is 0 Å². The lowest BCUT2D eigenvalue weighted by Gasteiger charge is -2.30. The van der Waals surface area contributed by atoms with E-state index in [9.17, 15) is 14.4 Å². The van der Waals surface area contributed by atoms with Gasteiger partial charge < -0.3 is 15.1 Å². The summed E-state index contributed by atoms with van der Waals surface area (Å²) >= 11 is 1.46. The number of hydrogen-bond donors (Lipinski definition) is 1. The number of piperazine rings is 1. The summed E-state index contributed by atoms with van der Waals surface area (Å²) in [6.45, 7) is 13.2. The molecule has 2 aromatic carbocycles. The quantitative estimate of drug-likeness (QED) is 0.243. The van der Waals surface area contributed by atoms with Gasteiger partial charge in [0.1, 0.15) is 5.01 Å². The summed E-state index contributed by atoms with van der Waals surface area (Å²) in [6, 6.07) is 15.4. The summed E-state index contributed by atoms with van der Waals surface area (Å²) in [5.74, 6) is 0.111. The Morgan fingerprint density at radius 3 is 2.20 bits per heavy atom. The molecular formula is C37H45N5O3S. The number of nitrogens with one attached hydrogen (secondary N) is 1. The van der Waals surface area contributed by atoms with Crippen molar-refractivity contribution in [1.82, 2.24) is 24.7 Å². The van der Waals surface area contributed by atoms with Crippen molar-refractivity contribution < 1.29 is 9.59 Å². The molecule has 9 heteroatoms. The number of aromatic nitrogens is 2. The van der Waals surface area contributed by atoms with E-state index in [2.05, 4.69) is 51.2 Å². The van der Waals surface area contributed by atoms with Gasteiger partial charge in [0.15, 0.2) is 0 Å². The van der Waals surface area contributed by atoms with Crippen molar-refractivity contribution in [3.05, 3.63) is 91.7 Å². The molecule has 1 aliphatic rings. The molecule has 1 aliphatic heterocycles. The lowest BCUT2D eigenvalue weighted by molar-refractivity contribution is 0.0733. The largest absolute Gasteiger partial charge is 0.345 e. The number of pyridine rings is 1. The first-order valence-corrected chi connectivity index (χ1v) is 17.1. The first kappa shape index (κ1) is 33.3. The standard InChI is InChI=1S/C37H45N5O3S/c1-8-25-11-10-12-26(9-2)33(25)42-31(21-23(3)4)29(36(44)41-19-17-38-18-20-41)22-30(37(42)45)34-39-32(24(5)46-34)27-13-15-28(16-14-27)35(43)40(6)7/h10-16,22-23,38H,8-9,17-21H2,1-7H3. The molecule has 0 saturated carbocycles. The van der Waals surface area contributed by atoms with Crippen LogP contribution in [0.5, 0.6) is 0 Å². The molecule has 1 fully saturated rings. The van der Waals surface area contributed by atoms with Gasteiger partial charge in [-0.3, -0.25) is 19.0 Å². The van der Waals surface area contributed by atoms with Crippen LogP contribution in [-0.2, 0) is 19.3 Å². The molecule has 0 aliphatic carbocycles. The Balaban J connectivity index is 1.76. The average molecular weight is 640 g/mol. The molecule has 4 aromatic rings. The Morgan fingerprint density at radius 1 is 1.00 bits per heavy atom. The Bertz CT molecular complexity index is 1770. The van der Waals surface area contributed by atoms with Crippen LogP contribution in [0.15, 0.2) is 53.3 Å². The van der Waals surface area contributed by atoms with Crippen LogP contribution in [0.1, 0.15) is 70.1 Å². The molecule has 0 atom stereocenters. The van der Waals surface area contributed by atoms with E-state index >= 15 is 0 Å². The lowest BCUT2D eigenvalue weighted by Crippen LogP contribution is -2.47. The molecule has 1 N–H and O–H groups in total. The van der Waals surface area contributed by atoms with Crippen LogP contribution < -0.4 is 10.9 Å². The van der Waals surface area contributed by atoms with Gasteiger partial charge in [0.05, 0.1) is 22.5 Å². The molecule has 0 unspecified atom stereocenters. The maximum Gasteiger partial charge on any atom is 0.265 e. The third kappa shape index (κ3) is 6.57. The van der Waals surface area contributed by atoms with Gasteiger partial charge in [-0.2, -0.15) is 0 Å². The van der Waals surface area contributed by atoms with Crippen molar-refractivity contribution in [2.45, 2.75) is 53.9 Å². The fourth-order valence-electron chi connectivity index (χ4n) is 6.16. The molecule has 242 valence electrons. The molecule has 3 heterocycles. The van der Waals surface area contributed by atoms with E-state index in [0.29, 0.717) is 41.2 Å². The second kappa shape index (κ2) is 14.1. The number of thiazole rings is 1. The minimum atomic E-state index is -0.157. The van der Waals surface area contributed by atoms with E-state index in [1.54, 1.807) is 19.0 Å². The Kier molecular flexibility index (Phi) is 10.2. The van der Waals surface area contributed by atoms with Crippen LogP contribution in [0.4, 0.5) is 0 Å². The van der Waals surface area contributed by atoms with Crippen LogP contribution >= 0.6 is 11.3 Å². The van der Waals surface area contributed by atoms with Crippen molar-refractivity contribution in [3.63, 3.8) is 0 Å². The van der Waals surface area contributed by atoms with Crippen LogP contribution in [-0.4, -0.2) is 71.4 Å². The van der Waals surface area contributed by atoms with Crippen molar-refractivity contribution in [2.75, 3.05) is 40.3 Å². The molecule has 8 nitrogen and oxygen atoms in total. The van der Waals surface area contributed by atoms with Gasteiger partial charge in [-0.25, -0.2) is 4.98 Å². The van der Waals surface area contributed by atoms with Gasteiger partial charge in [0.2, 0.25) is 0 Å². The SMILES string of the molecule is CCc1cccc(CC)c1-n1c(CC(C)C)c(C(=O)N2CCNCC2)cc(-c2nc(-c3ccc(C(=O)N(C)C)cc3)c(C)s2)c1=O. The predicted molar refractivity (Wildman–Crippen MR) is 187 cm³/mol. The van der Waals surface area contributed by atoms with Crippen molar-refractivity contribution in [1.29, 1.82) is 0 Å². The summed E-state index contributed by atoms with van der Waals surface area (Å²) in [7, 11) is 3.46. The number of benzene rings is 2. The topological polar surface area (TPSA) is 87.5 Å². The molecule has 1 saturated heterocycles. The third-order valence-corrected chi connectivity index (χ3v) is 9.57. The smallest absolute Gasteiger partial charge is 0.265 e. The highest BCUT2D eigenvalue weighted by Gasteiger charge is 2.29. The average Bonchev–Trinajstić information content (AvgIpc) is 3.45. The maximum absolute atomic E-state index is 14.9. The highest BCUT2D eigenvalue weighted by atomic mass is 32.1. The van der Waals surface area contributed by atoms with Crippen LogP contribution in [0.2, 0.25) is 0 Å². The number of para-hydroxylation sites is 1.